The molecule has 0 atom stereocenters. The summed E-state index contributed by atoms with van der Waals surface area (Å²) in [6.07, 6.45) is 3.44. The number of hydrogen-bond donors (Lipinski definition) is 2. The topological polar surface area (TPSA) is 75.3 Å². The molecule has 6 heteroatoms. The average Bonchev–Trinajstić information content (AvgIpc) is 2.28. The van der Waals surface area contributed by atoms with Gasteiger partial charge in [0.05, 0.1) is 5.60 Å². The van der Waals surface area contributed by atoms with Gasteiger partial charge in [0.15, 0.2) is 5.16 Å². The molecule has 2 rings (SSSR count). The first kappa shape index (κ1) is 12.4. The van der Waals surface area contributed by atoms with E-state index in [2.05, 4.69) is 14.9 Å². The Morgan fingerprint density at radius 3 is 2.65 bits per heavy atom. The van der Waals surface area contributed by atoms with Crippen LogP contribution in [0.25, 0.3) is 0 Å². The molecule has 0 aromatic carbocycles. The molecule has 1 aliphatic heterocycles. The molecule has 94 valence electrons. The van der Waals surface area contributed by atoms with E-state index in [0.29, 0.717) is 11.0 Å². The van der Waals surface area contributed by atoms with Crippen LogP contribution in [0.3, 0.4) is 0 Å². The minimum atomic E-state index is -0.544. The van der Waals surface area contributed by atoms with Crippen molar-refractivity contribution in [2.24, 2.45) is 0 Å². The van der Waals surface area contributed by atoms with Crippen LogP contribution in [-0.2, 0) is 0 Å². The van der Waals surface area contributed by atoms with Crippen molar-refractivity contribution >= 4 is 23.4 Å². The van der Waals surface area contributed by atoms with Crippen LogP contribution in [0.5, 0.6) is 0 Å². The molecule has 0 amide bonds. The van der Waals surface area contributed by atoms with Crippen LogP contribution in [0, 0.1) is 0 Å². The van der Waals surface area contributed by atoms with E-state index in [1.807, 2.05) is 13.2 Å². The second-order valence-electron chi connectivity index (χ2n) is 4.62. The summed E-state index contributed by atoms with van der Waals surface area (Å²) in [7, 11) is 0. The maximum absolute atomic E-state index is 9.91. The number of rotatable bonds is 2. The third kappa shape index (κ3) is 3.01. The smallest absolute Gasteiger partial charge is 0.191 e. The predicted octanol–water partition coefficient (Wildman–Crippen LogP) is 1.13. The van der Waals surface area contributed by atoms with E-state index < -0.39 is 5.60 Å². The van der Waals surface area contributed by atoms with Gasteiger partial charge in [0, 0.05) is 19.2 Å². The third-order valence-corrected chi connectivity index (χ3v) is 3.61. The monoisotopic (exact) mass is 254 g/mol. The Hall–Kier alpha value is -1.01. The standard InChI is InChI=1S/C11H18N4OS/c1-11(16)3-5-15(6-4-11)9-7-8(12)13-10(14-9)17-2/h7,16H,3-6H2,1-2H3,(H2,12,13,14). The highest BCUT2D eigenvalue weighted by Gasteiger charge is 2.28. The number of anilines is 2. The predicted molar refractivity (Wildman–Crippen MR) is 70.3 cm³/mol. The summed E-state index contributed by atoms with van der Waals surface area (Å²) in [5.41, 5.74) is 5.21. The summed E-state index contributed by atoms with van der Waals surface area (Å²) in [5, 5.41) is 10.6. The normalized spacial score (nSPS) is 19.4. The molecule has 0 spiro atoms. The van der Waals surface area contributed by atoms with Crippen molar-refractivity contribution in [1.82, 2.24) is 9.97 Å². The molecule has 0 unspecified atom stereocenters. The van der Waals surface area contributed by atoms with E-state index >= 15 is 0 Å². The zero-order valence-electron chi connectivity index (χ0n) is 10.2. The lowest BCUT2D eigenvalue weighted by molar-refractivity contribution is 0.0350. The van der Waals surface area contributed by atoms with Crippen LogP contribution in [-0.4, -0.2) is 40.0 Å². The number of hydrogen-bond acceptors (Lipinski definition) is 6. The van der Waals surface area contributed by atoms with Crippen molar-refractivity contribution in [3.63, 3.8) is 0 Å². The second kappa shape index (κ2) is 4.70. The summed E-state index contributed by atoms with van der Waals surface area (Å²) in [4.78, 5) is 10.7. The highest BCUT2D eigenvalue weighted by Crippen LogP contribution is 2.26. The third-order valence-electron chi connectivity index (χ3n) is 3.06. The molecule has 5 nitrogen and oxygen atoms in total. The van der Waals surface area contributed by atoms with Gasteiger partial charge < -0.3 is 15.7 Å². The number of thioether (sulfide) groups is 1. The summed E-state index contributed by atoms with van der Waals surface area (Å²) in [5.74, 6) is 1.36. The van der Waals surface area contributed by atoms with Crippen LogP contribution in [0.15, 0.2) is 11.2 Å². The molecule has 1 aromatic heterocycles. The zero-order valence-corrected chi connectivity index (χ0v) is 11.0. The average molecular weight is 254 g/mol. The molecular formula is C11H18N4OS. The summed E-state index contributed by atoms with van der Waals surface area (Å²) in [6, 6.07) is 1.79. The molecule has 1 aliphatic rings. The van der Waals surface area contributed by atoms with Gasteiger partial charge in [-0.05, 0) is 26.0 Å². The van der Waals surface area contributed by atoms with Crippen molar-refractivity contribution in [3.05, 3.63) is 6.07 Å². The van der Waals surface area contributed by atoms with Gasteiger partial charge in [-0.1, -0.05) is 11.8 Å². The number of nitrogens with zero attached hydrogens (tertiary/aromatic N) is 3. The van der Waals surface area contributed by atoms with Gasteiger partial charge >= 0.3 is 0 Å². The van der Waals surface area contributed by atoms with Gasteiger partial charge in [0.1, 0.15) is 11.6 Å². The van der Waals surface area contributed by atoms with E-state index in [0.717, 1.165) is 31.7 Å². The van der Waals surface area contributed by atoms with Gasteiger partial charge in [-0.3, -0.25) is 0 Å². The van der Waals surface area contributed by atoms with Crippen molar-refractivity contribution < 1.29 is 5.11 Å². The fraction of sp³-hybridized carbons (Fsp3) is 0.636. The number of nitrogen functional groups attached to an aromatic ring is 1. The van der Waals surface area contributed by atoms with E-state index in [1.165, 1.54) is 11.8 Å². The SMILES string of the molecule is CSc1nc(N)cc(N2CCC(C)(O)CC2)n1. The summed E-state index contributed by atoms with van der Waals surface area (Å²) >= 11 is 1.48. The van der Waals surface area contributed by atoms with Gasteiger partial charge in [-0.25, -0.2) is 9.97 Å². The first-order chi connectivity index (χ1) is 8.00. The number of aromatic nitrogens is 2. The van der Waals surface area contributed by atoms with Gasteiger partial charge in [0.25, 0.3) is 0 Å². The van der Waals surface area contributed by atoms with Crippen LogP contribution in [0.1, 0.15) is 19.8 Å². The minimum absolute atomic E-state index is 0.497. The Kier molecular flexibility index (Phi) is 3.44. The first-order valence-corrected chi connectivity index (χ1v) is 6.88. The maximum Gasteiger partial charge on any atom is 0.191 e. The highest BCUT2D eigenvalue weighted by atomic mass is 32.2. The van der Waals surface area contributed by atoms with E-state index in [9.17, 15) is 5.11 Å². The van der Waals surface area contributed by atoms with Crippen LogP contribution >= 0.6 is 11.8 Å². The lowest BCUT2D eigenvalue weighted by Crippen LogP contribution is -2.42. The van der Waals surface area contributed by atoms with E-state index in [-0.39, 0.29) is 0 Å². The second-order valence-corrected chi connectivity index (χ2v) is 5.40. The summed E-state index contributed by atoms with van der Waals surface area (Å²) in [6.45, 7) is 3.49. The van der Waals surface area contributed by atoms with Crippen LogP contribution in [0.4, 0.5) is 11.6 Å². The Labute approximate surface area is 105 Å². The van der Waals surface area contributed by atoms with Gasteiger partial charge in [-0.2, -0.15) is 0 Å². The van der Waals surface area contributed by atoms with Crippen molar-refractivity contribution in [3.8, 4) is 0 Å². The number of nitrogens with two attached hydrogens (primary N) is 1. The first-order valence-electron chi connectivity index (χ1n) is 5.66. The lowest BCUT2D eigenvalue weighted by atomic mass is 9.94. The molecule has 0 radical (unpaired) electrons. The molecule has 0 saturated carbocycles. The molecule has 1 fully saturated rings. The zero-order chi connectivity index (χ0) is 12.5. The van der Waals surface area contributed by atoms with Gasteiger partial charge in [0.2, 0.25) is 0 Å². The molecule has 0 aliphatic carbocycles. The fourth-order valence-corrected chi connectivity index (χ4v) is 2.28. The number of aliphatic hydroxyl groups is 1. The highest BCUT2D eigenvalue weighted by molar-refractivity contribution is 7.98. The van der Waals surface area contributed by atoms with Crippen LogP contribution in [0.2, 0.25) is 0 Å². The minimum Gasteiger partial charge on any atom is -0.390 e. The molecule has 2 heterocycles. The van der Waals surface area contributed by atoms with Gasteiger partial charge in [-0.15, -0.1) is 0 Å². The Balaban J connectivity index is 2.15. The van der Waals surface area contributed by atoms with Crippen molar-refractivity contribution in [2.45, 2.75) is 30.5 Å². The molecule has 1 aromatic rings. The fourth-order valence-electron chi connectivity index (χ4n) is 1.90. The molecule has 1 saturated heterocycles. The Bertz CT molecular complexity index is 400. The van der Waals surface area contributed by atoms with Crippen LogP contribution < -0.4 is 10.6 Å². The lowest BCUT2D eigenvalue weighted by Gasteiger charge is -2.36. The Morgan fingerprint density at radius 2 is 2.06 bits per heavy atom. The van der Waals surface area contributed by atoms with E-state index in [4.69, 9.17) is 5.73 Å². The largest absolute Gasteiger partial charge is 0.390 e. The molecule has 17 heavy (non-hydrogen) atoms. The quantitative estimate of drug-likeness (QED) is 0.609. The van der Waals surface area contributed by atoms with Crippen molar-refractivity contribution in [1.29, 1.82) is 0 Å². The number of piperidine rings is 1. The molecule has 0 bridgehead atoms. The van der Waals surface area contributed by atoms with Crippen molar-refractivity contribution in [2.75, 3.05) is 30.0 Å². The van der Waals surface area contributed by atoms with E-state index in [1.54, 1.807) is 6.07 Å². The summed E-state index contributed by atoms with van der Waals surface area (Å²) < 4.78 is 0. The maximum atomic E-state index is 9.91. The molecule has 3 N–H and O–H groups in total. The Morgan fingerprint density at radius 1 is 1.41 bits per heavy atom. The molecular weight excluding hydrogens is 236 g/mol.